The third-order valence-electron chi connectivity index (χ3n) is 2.35. The number of carbonyl (C=O) groups is 1. The third kappa shape index (κ3) is 1.68. The molecule has 0 saturated carbocycles. The summed E-state index contributed by atoms with van der Waals surface area (Å²) in [6.45, 7) is 0. The van der Waals surface area contributed by atoms with Gasteiger partial charge in [0.05, 0.1) is 10.2 Å². The summed E-state index contributed by atoms with van der Waals surface area (Å²) in [7, 11) is 1.90. The highest BCUT2D eigenvalue weighted by Crippen LogP contribution is 2.25. The minimum Gasteiger partial charge on any atom is -0.393 e. The molecule has 2 rings (SSSR count). The van der Waals surface area contributed by atoms with Crippen LogP contribution in [-0.2, 0) is 16.7 Å². The van der Waals surface area contributed by atoms with Crippen molar-refractivity contribution in [3.8, 4) is 0 Å². The largest absolute Gasteiger partial charge is 0.393 e. The molecule has 84 valence electrons. The standard InChI is InChI=1S/C10H11N3O2S/c1-13-6(4-7(11)10(14)15-12)5-9-8(13)2-3-16-9/h2-5H,11-12H2,1H3. The topological polar surface area (TPSA) is 83.3 Å². The predicted molar refractivity (Wildman–Crippen MR) is 63.2 cm³/mol. The SMILES string of the molecule is Cn1c(C=C(N)C(=O)ON)cc2sccc21. The zero-order chi connectivity index (χ0) is 11.7. The maximum absolute atomic E-state index is 11.0. The first-order valence-electron chi connectivity index (χ1n) is 4.54. The number of nitrogens with zero attached hydrogens (tertiary/aromatic N) is 1. The maximum Gasteiger partial charge on any atom is 0.372 e. The Morgan fingerprint density at radius 1 is 1.62 bits per heavy atom. The second-order valence-electron chi connectivity index (χ2n) is 3.30. The Hall–Kier alpha value is -1.79. The Bertz CT molecular complexity index is 568. The van der Waals surface area contributed by atoms with Gasteiger partial charge in [-0.3, -0.25) is 0 Å². The summed E-state index contributed by atoms with van der Waals surface area (Å²) in [6.07, 6.45) is 1.54. The lowest BCUT2D eigenvalue weighted by Gasteiger charge is -2.00. The molecule has 0 amide bonds. The van der Waals surface area contributed by atoms with Gasteiger partial charge in [0.25, 0.3) is 0 Å². The highest BCUT2D eigenvalue weighted by atomic mass is 32.1. The smallest absolute Gasteiger partial charge is 0.372 e. The monoisotopic (exact) mass is 237 g/mol. The van der Waals surface area contributed by atoms with Crippen LogP contribution in [0.25, 0.3) is 16.3 Å². The first kappa shape index (κ1) is 10.7. The van der Waals surface area contributed by atoms with Gasteiger partial charge in [0, 0.05) is 12.7 Å². The van der Waals surface area contributed by atoms with E-state index in [9.17, 15) is 4.79 Å². The fourth-order valence-corrected chi connectivity index (χ4v) is 2.35. The van der Waals surface area contributed by atoms with Crippen molar-refractivity contribution in [2.45, 2.75) is 0 Å². The third-order valence-corrected chi connectivity index (χ3v) is 3.20. The Morgan fingerprint density at radius 2 is 2.38 bits per heavy atom. The molecule has 0 bridgehead atoms. The summed E-state index contributed by atoms with van der Waals surface area (Å²) in [5, 5.41) is 2.01. The summed E-state index contributed by atoms with van der Waals surface area (Å²) in [5.41, 5.74) is 7.44. The fraction of sp³-hybridized carbons (Fsp3) is 0.100. The molecule has 2 aromatic heterocycles. The molecule has 16 heavy (non-hydrogen) atoms. The number of carbonyl (C=O) groups excluding carboxylic acids is 1. The lowest BCUT2D eigenvalue weighted by Crippen LogP contribution is -2.18. The molecule has 0 aliphatic heterocycles. The number of aryl methyl sites for hydroxylation is 1. The highest BCUT2D eigenvalue weighted by Gasteiger charge is 2.09. The van der Waals surface area contributed by atoms with Gasteiger partial charge in [-0.15, -0.1) is 11.3 Å². The Balaban J connectivity index is 2.44. The van der Waals surface area contributed by atoms with Crippen molar-refractivity contribution in [2.24, 2.45) is 18.7 Å². The summed E-state index contributed by atoms with van der Waals surface area (Å²) in [6, 6.07) is 3.96. The Morgan fingerprint density at radius 3 is 3.00 bits per heavy atom. The van der Waals surface area contributed by atoms with Gasteiger partial charge in [-0.2, -0.15) is 5.90 Å². The molecule has 0 unspecified atom stereocenters. The summed E-state index contributed by atoms with van der Waals surface area (Å²) >= 11 is 1.63. The second-order valence-corrected chi connectivity index (χ2v) is 4.25. The van der Waals surface area contributed by atoms with Crippen molar-refractivity contribution in [2.75, 3.05) is 0 Å². The minimum absolute atomic E-state index is 0.0178. The van der Waals surface area contributed by atoms with Crippen LogP contribution in [0.15, 0.2) is 23.2 Å². The van der Waals surface area contributed by atoms with Gasteiger partial charge >= 0.3 is 5.97 Å². The van der Waals surface area contributed by atoms with Crippen LogP contribution in [0, 0.1) is 0 Å². The van der Waals surface area contributed by atoms with Crippen LogP contribution in [0.1, 0.15) is 5.69 Å². The molecule has 0 radical (unpaired) electrons. The van der Waals surface area contributed by atoms with E-state index in [0.717, 1.165) is 15.9 Å². The van der Waals surface area contributed by atoms with E-state index >= 15 is 0 Å². The van der Waals surface area contributed by atoms with E-state index in [1.54, 1.807) is 17.4 Å². The van der Waals surface area contributed by atoms with Gasteiger partial charge in [0.1, 0.15) is 5.70 Å². The molecule has 0 aliphatic carbocycles. The van der Waals surface area contributed by atoms with Crippen molar-refractivity contribution in [1.82, 2.24) is 4.57 Å². The predicted octanol–water partition coefficient (Wildman–Crippen LogP) is 0.956. The van der Waals surface area contributed by atoms with Gasteiger partial charge in [0.15, 0.2) is 0 Å². The molecule has 0 atom stereocenters. The van der Waals surface area contributed by atoms with Crippen molar-refractivity contribution in [3.63, 3.8) is 0 Å². The molecule has 0 spiro atoms. The number of nitrogens with two attached hydrogens (primary N) is 2. The first-order valence-corrected chi connectivity index (χ1v) is 5.42. The van der Waals surface area contributed by atoms with Gasteiger partial charge in [-0.25, -0.2) is 4.79 Å². The van der Waals surface area contributed by atoms with Crippen molar-refractivity contribution < 1.29 is 9.63 Å². The first-order chi connectivity index (χ1) is 7.63. The van der Waals surface area contributed by atoms with E-state index in [-0.39, 0.29) is 5.70 Å². The number of aromatic nitrogens is 1. The molecule has 2 aromatic rings. The van der Waals surface area contributed by atoms with E-state index in [1.165, 1.54) is 0 Å². The molecule has 0 aromatic carbocycles. The summed E-state index contributed by atoms with van der Waals surface area (Å²) in [5.74, 6) is 4.01. The van der Waals surface area contributed by atoms with Crippen LogP contribution in [0.5, 0.6) is 0 Å². The number of hydrogen-bond donors (Lipinski definition) is 2. The molecule has 0 aliphatic rings. The van der Waals surface area contributed by atoms with E-state index < -0.39 is 5.97 Å². The normalized spacial score (nSPS) is 12.0. The van der Waals surface area contributed by atoms with Crippen LogP contribution in [0.4, 0.5) is 0 Å². The number of hydrogen-bond acceptors (Lipinski definition) is 5. The molecule has 6 heteroatoms. The molecule has 0 saturated heterocycles. The van der Waals surface area contributed by atoms with Crippen molar-refractivity contribution in [3.05, 3.63) is 28.9 Å². The van der Waals surface area contributed by atoms with E-state index in [1.807, 2.05) is 29.1 Å². The molecule has 2 heterocycles. The molecular weight excluding hydrogens is 226 g/mol. The van der Waals surface area contributed by atoms with E-state index in [4.69, 9.17) is 11.6 Å². The highest BCUT2D eigenvalue weighted by molar-refractivity contribution is 7.17. The molecule has 5 nitrogen and oxygen atoms in total. The van der Waals surface area contributed by atoms with Crippen LogP contribution >= 0.6 is 11.3 Å². The second kappa shape index (κ2) is 3.99. The zero-order valence-corrected chi connectivity index (χ0v) is 9.45. The lowest BCUT2D eigenvalue weighted by molar-refractivity contribution is -0.139. The van der Waals surface area contributed by atoms with Crippen LogP contribution < -0.4 is 11.6 Å². The van der Waals surface area contributed by atoms with E-state index in [2.05, 4.69) is 4.84 Å². The minimum atomic E-state index is -0.732. The average Bonchev–Trinajstić information content (AvgIpc) is 2.82. The van der Waals surface area contributed by atoms with Crippen molar-refractivity contribution >= 4 is 33.6 Å². The van der Waals surface area contributed by atoms with Gasteiger partial charge < -0.3 is 15.1 Å². The molecule has 0 fully saturated rings. The van der Waals surface area contributed by atoms with Crippen molar-refractivity contribution in [1.29, 1.82) is 0 Å². The number of thiophene rings is 1. The summed E-state index contributed by atoms with van der Waals surface area (Å²) < 4.78 is 3.09. The number of rotatable bonds is 2. The van der Waals surface area contributed by atoms with Gasteiger partial charge in [-0.1, -0.05) is 0 Å². The molecular formula is C10H11N3O2S. The molecule has 4 N–H and O–H groups in total. The van der Waals surface area contributed by atoms with Gasteiger partial charge in [0.2, 0.25) is 0 Å². The lowest BCUT2D eigenvalue weighted by atomic mass is 10.3. The number of fused-ring (bicyclic) bond motifs is 1. The average molecular weight is 237 g/mol. The zero-order valence-electron chi connectivity index (χ0n) is 8.64. The summed E-state index contributed by atoms with van der Waals surface area (Å²) in [4.78, 5) is 15.1. The fourth-order valence-electron chi connectivity index (χ4n) is 1.49. The van der Waals surface area contributed by atoms with Gasteiger partial charge in [-0.05, 0) is 23.6 Å². The quantitative estimate of drug-likeness (QED) is 0.602. The van der Waals surface area contributed by atoms with Crippen LogP contribution in [0.2, 0.25) is 0 Å². The van der Waals surface area contributed by atoms with E-state index in [0.29, 0.717) is 0 Å². The van der Waals surface area contributed by atoms with Crippen LogP contribution in [0.3, 0.4) is 0 Å². The van der Waals surface area contributed by atoms with Crippen LogP contribution in [-0.4, -0.2) is 10.5 Å². The Kier molecular flexibility index (Phi) is 2.67. The Labute approximate surface area is 95.9 Å². The maximum atomic E-state index is 11.0.